The van der Waals surface area contributed by atoms with Gasteiger partial charge in [-0.3, -0.25) is 9.78 Å². The normalized spacial score (nSPS) is 16.4. The molecular formula is C27H26ClN3O. The smallest absolute Gasteiger partial charge is 0.227 e. The number of para-hydroxylation sites is 1. The van der Waals surface area contributed by atoms with Gasteiger partial charge in [-0.1, -0.05) is 48.0 Å². The van der Waals surface area contributed by atoms with E-state index in [1.165, 1.54) is 11.1 Å². The number of aromatic nitrogens is 2. The second-order valence-electron chi connectivity index (χ2n) is 8.61. The third kappa shape index (κ3) is 4.56. The van der Waals surface area contributed by atoms with Gasteiger partial charge in [0.25, 0.3) is 0 Å². The second-order valence-corrected chi connectivity index (χ2v) is 9.05. The highest BCUT2D eigenvalue weighted by molar-refractivity contribution is 6.30. The molecule has 0 bridgehead atoms. The van der Waals surface area contributed by atoms with Gasteiger partial charge in [0.15, 0.2) is 0 Å². The first kappa shape index (κ1) is 20.8. The number of fused-ring (bicyclic) bond motifs is 1. The fraction of sp³-hybridized carbons (Fsp3) is 0.259. The van der Waals surface area contributed by atoms with E-state index >= 15 is 0 Å². The van der Waals surface area contributed by atoms with Gasteiger partial charge in [0.1, 0.15) is 0 Å². The summed E-state index contributed by atoms with van der Waals surface area (Å²) in [7, 11) is 0. The summed E-state index contributed by atoms with van der Waals surface area (Å²) in [5, 5.41) is 1.88. The Kier molecular flexibility index (Phi) is 5.95. The second kappa shape index (κ2) is 9.17. The number of hydrogen-bond acceptors (Lipinski definition) is 2. The summed E-state index contributed by atoms with van der Waals surface area (Å²) in [5.74, 6) is 0.485. The summed E-state index contributed by atoms with van der Waals surface area (Å²) >= 11 is 5.98. The van der Waals surface area contributed by atoms with Crippen molar-refractivity contribution < 1.29 is 4.79 Å². The van der Waals surface area contributed by atoms with Crippen LogP contribution in [0.1, 0.15) is 41.1 Å². The van der Waals surface area contributed by atoms with Crippen molar-refractivity contribution in [3.63, 3.8) is 0 Å². The van der Waals surface area contributed by atoms with Gasteiger partial charge in [-0.2, -0.15) is 0 Å². The van der Waals surface area contributed by atoms with E-state index in [1.54, 1.807) is 0 Å². The van der Waals surface area contributed by atoms with E-state index in [1.807, 2.05) is 47.6 Å². The highest BCUT2D eigenvalue weighted by atomic mass is 35.5. The zero-order chi connectivity index (χ0) is 21.9. The zero-order valence-electron chi connectivity index (χ0n) is 17.9. The molecule has 1 fully saturated rings. The van der Waals surface area contributed by atoms with E-state index in [9.17, 15) is 4.79 Å². The number of amides is 1. The number of nitrogens with one attached hydrogen (secondary N) is 1. The molecule has 0 saturated carbocycles. The van der Waals surface area contributed by atoms with Crippen molar-refractivity contribution in [2.75, 3.05) is 13.1 Å². The Morgan fingerprint density at radius 2 is 1.88 bits per heavy atom. The minimum absolute atomic E-state index is 0.193. The highest BCUT2D eigenvalue weighted by Gasteiger charge is 2.26. The number of likely N-dealkylation sites (tertiary alicyclic amines) is 1. The van der Waals surface area contributed by atoms with Crippen LogP contribution in [0.15, 0.2) is 73.1 Å². The first-order valence-corrected chi connectivity index (χ1v) is 11.6. The molecule has 0 aliphatic carbocycles. The molecule has 1 saturated heterocycles. The maximum Gasteiger partial charge on any atom is 0.227 e. The van der Waals surface area contributed by atoms with Gasteiger partial charge in [0, 0.05) is 53.0 Å². The lowest BCUT2D eigenvalue weighted by atomic mass is 9.93. The molecule has 1 N–H and O–H groups in total. The van der Waals surface area contributed by atoms with E-state index in [0.717, 1.165) is 59.5 Å². The van der Waals surface area contributed by atoms with Crippen molar-refractivity contribution in [1.82, 2.24) is 14.9 Å². The average Bonchev–Trinajstić information content (AvgIpc) is 3.24. The third-order valence-corrected chi connectivity index (χ3v) is 6.63. The van der Waals surface area contributed by atoms with Crippen molar-refractivity contribution in [3.8, 4) is 0 Å². The number of nitrogens with zero attached hydrogens (tertiary/aromatic N) is 2. The van der Waals surface area contributed by atoms with Crippen molar-refractivity contribution in [1.29, 1.82) is 0 Å². The molecule has 3 heterocycles. The molecule has 5 heteroatoms. The van der Waals surface area contributed by atoms with Crippen LogP contribution < -0.4 is 0 Å². The summed E-state index contributed by atoms with van der Waals surface area (Å²) in [5.41, 5.74) is 5.62. The Balaban J connectivity index is 1.23. The SMILES string of the molecule is O=C(Cc1c[nH]c2ccccc12)N1CCC[C@H](c2ccc(Cc3ccc(Cl)cc3)cn2)C1. The van der Waals surface area contributed by atoms with E-state index in [-0.39, 0.29) is 5.91 Å². The lowest BCUT2D eigenvalue weighted by Crippen LogP contribution is -2.40. The summed E-state index contributed by atoms with van der Waals surface area (Å²) < 4.78 is 0. The fourth-order valence-electron chi connectivity index (χ4n) is 4.62. The van der Waals surface area contributed by atoms with Gasteiger partial charge in [0.2, 0.25) is 5.91 Å². The van der Waals surface area contributed by atoms with Crippen LogP contribution in [0, 0.1) is 0 Å². The molecule has 1 aliphatic heterocycles. The summed E-state index contributed by atoms with van der Waals surface area (Å²) in [6.07, 6.45) is 7.29. The Morgan fingerprint density at radius 1 is 1.06 bits per heavy atom. The fourth-order valence-corrected chi connectivity index (χ4v) is 4.74. The minimum Gasteiger partial charge on any atom is -0.361 e. The van der Waals surface area contributed by atoms with Crippen LogP contribution in [-0.4, -0.2) is 33.9 Å². The molecule has 0 radical (unpaired) electrons. The van der Waals surface area contributed by atoms with Crippen LogP contribution in [0.5, 0.6) is 0 Å². The largest absolute Gasteiger partial charge is 0.361 e. The lowest BCUT2D eigenvalue weighted by molar-refractivity contribution is -0.131. The molecule has 1 aliphatic rings. The van der Waals surface area contributed by atoms with E-state index in [4.69, 9.17) is 16.6 Å². The number of carbonyl (C=O) groups excluding carboxylic acids is 1. The van der Waals surface area contributed by atoms with Gasteiger partial charge in [-0.15, -0.1) is 0 Å². The van der Waals surface area contributed by atoms with Crippen molar-refractivity contribution in [2.45, 2.75) is 31.6 Å². The molecule has 1 atom stereocenters. The number of hydrogen-bond donors (Lipinski definition) is 1. The van der Waals surface area contributed by atoms with Gasteiger partial charge in [-0.05, 0) is 60.2 Å². The molecule has 4 nitrogen and oxygen atoms in total. The average molecular weight is 444 g/mol. The van der Waals surface area contributed by atoms with Gasteiger partial charge in [0.05, 0.1) is 6.42 Å². The molecule has 2 aromatic heterocycles. The van der Waals surface area contributed by atoms with Crippen molar-refractivity contribution in [3.05, 3.63) is 100 Å². The summed E-state index contributed by atoms with van der Waals surface area (Å²) in [6, 6.07) is 20.4. The standard InChI is InChI=1S/C27H26ClN3O/c28-23-10-7-19(8-11-23)14-20-9-12-25(29-16-20)21-4-3-13-31(18-21)27(32)15-22-17-30-26-6-2-1-5-24(22)26/h1-2,5-12,16-17,21,30H,3-4,13-15,18H2/t21-/m0/s1. The Labute approximate surface area is 193 Å². The maximum absolute atomic E-state index is 13.0. The van der Waals surface area contributed by atoms with E-state index < -0.39 is 0 Å². The summed E-state index contributed by atoms with van der Waals surface area (Å²) in [6.45, 7) is 1.57. The lowest BCUT2D eigenvalue weighted by Gasteiger charge is -2.32. The first-order valence-electron chi connectivity index (χ1n) is 11.2. The molecule has 2 aromatic carbocycles. The quantitative estimate of drug-likeness (QED) is 0.426. The van der Waals surface area contributed by atoms with Gasteiger partial charge < -0.3 is 9.88 Å². The molecule has 1 amide bonds. The van der Waals surface area contributed by atoms with E-state index in [0.29, 0.717) is 12.3 Å². The molecule has 0 spiro atoms. The van der Waals surface area contributed by atoms with E-state index in [2.05, 4.69) is 35.3 Å². The maximum atomic E-state index is 13.0. The number of aromatic amines is 1. The summed E-state index contributed by atoms with van der Waals surface area (Å²) in [4.78, 5) is 23.1. The predicted molar refractivity (Wildman–Crippen MR) is 129 cm³/mol. The third-order valence-electron chi connectivity index (χ3n) is 6.38. The monoisotopic (exact) mass is 443 g/mol. The Bertz CT molecular complexity index is 1210. The van der Waals surface area contributed by atoms with Gasteiger partial charge >= 0.3 is 0 Å². The Morgan fingerprint density at radius 3 is 2.69 bits per heavy atom. The number of rotatable bonds is 5. The van der Waals surface area contributed by atoms with Crippen LogP contribution in [0.25, 0.3) is 10.9 Å². The zero-order valence-corrected chi connectivity index (χ0v) is 18.7. The number of H-pyrrole nitrogens is 1. The van der Waals surface area contributed by atoms with Crippen molar-refractivity contribution in [2.24, 2.45) is 0 Å². The molecule has 4 aromatic rings. The van der Waals surface area contributed by atoms with Crippen molar-refractivity contribution >= 4 is 28.4 Å². The number of benzene rings is 2. The highest BCUT2D eigenvalue weighted by Crippen LogP contribution is 2.27. The van der Waals surface area contributed by atoms with Crippen LogP contribution in [0.2, 0.25) is 5.02 Å². The molecule has 32 heavy (non-hydrogen) atoms. The molecular weight excluding hydrogens is 418 g/mol. The van der Waals surface area contributed by atoms with Crippen LogP contribution >= 0.6 is 11.6 Å². The number of piperidine rings is 1. The molecule has 5 rings (SSSR count). The first-order chi connectivity index (χ1) is 15.7. The topological polar surface area (TPSA) is 49.0 Å². The number of halogens is 1. The van der Waals surface area contributed by atoms with Crippen LogP contribution in [0.3, 0.4) is 0 Å². The number of carbonyl (C=O) groups is 1. The van der Waals surface area contributed by atoms with Gasteiger partial charge in [-0.25, -0.2) is 0 Å². The van der Waals surface area contributed by atoms with Crippen LogP contribution in [-0.2, 0) is 17.6 Å². The number of pyridine rings is 1. The molecule has 0 unspecified atom stereocenters. The van der Waals surface area contributed by atoms with Crippen LogP contribution in [0.4, 0.5) is 0 Å². The Hall–Kier alpha value is -3.11. The minimum atomic E-state index is 0.193. The molecule has 162 valence electrons. The predicted octanol–water partition coefficient (Wildman–Crippen LogP) is 5.76.